The summed E-state index contributed by atoms with van der Waals surface area (Å²) >= 11 is 0. The number of rotatable bonds is 3. The van der Waals surface area contributed by atoms with Crippen LogP contribution < -0.4 is 0 Å². The molecule has 0 amide bonds. The molecule has 0 radical (unpaired) electrons. The summed E-state index contributed by atoms with van der Waals surface area (Å²) in [5.74, 6) is -0.0784. The van der Waals surface area contributed by atoms with Crippen molar-refractivity contribution in [2.75, 3.05) is 0 Å². The maximum Gasteiger partial charge on any atom is 0.416 e. The zero-order valence-electron chi connectivity index (χ0n) is 11.8. The molecule has 0 spiro atoms. The van der Waals surface area contributed by atoms with Crippen LogP contribution in [0, 0.1) is 13.8 Å². The van der Waals surface area contributed by atoms with Crippen molar-refractivity contribution in [3.63, 3.8) is 0 Å². The second-order valence-electron chi connectivity index (χ2n) is 5.06. The summed E-state index contributed by atoms with van der Waals surface area (Å²) in [6.07, 6.45) is -4.25. The molecule has 0 saturated carbocycles. The summed E-state index contributed by atoms with van der Waals surface area (Å²) in [5.41, 5.74) is 2.29. The van der Waals surface area contributed by atoms with Gasteiger partial charge in [-0.2, -0.15) is 13.2 Å². The van der Waals surface area contributed by atoms with E-state index in [1.54, 1.807) is 0 Å². The van der Waals surface area contributed by atoms with E-state index in [2.05, 4.69) is 0 Å². The molecule has 4 heteroatoms. The predicted molar refractivity (Wildman–Crippen MR) is 75.4 cm³/mol. The molecule has 0 aliphatic rings. The largest absolute Gasteiger partial charge is 0.416 e. The SMILES string of the molecule is Cc1cccc(C)c1C(=O)Cc1ccc(C(F)(F)F)cc1. The zero-order chi connectivity index (χ0) is 15.6. The predicted octanol–water partition coefficient (Wildman–Crippen LogP) is 4.75. The van der Waals surface area contributed by atoms with Crippen LogP contribution in [0.25, 0.3) is 0 Å². The van der Waals surface area contributed by atoms with E-state index in [-0.39, 0.29) is 12.2 Å². The van der Waals surface area contributed by atoms with Gasteiger partial charge < -0.3 is 0 Å². The van der Waals surface area contributed by atoms with Gasteiger partial charge in [-0.25, -0.2) is 0 Å². The Labute approximate surface area is 121 Å². The first-order valence-corrected chi connectivity index (χ1v) is 6.54. The topological polar surface area (TPSA) is 17.1 Å². The standard InChI is InChI=1S/C17H15F3O/c1-11-4-3-5-12(2)16(11)15(21)10-13-6-8-14(9-7-13)17(18,19)20/h3-9H,10H2,1-2H3. The Kier molecular flexibility index (Phi) is 4.16. The monoisotopic (exact) mass is 292 g/mol. The van der Waals surface area contributed by atoms with Crippen LogP contribution >= 0.6 is 0 Å². The van der Waals surface area contributed by atoms with Crippen LogP contribution in [-0.4, -0.2) is 5.78 Å². The quantitative estimate of drug-likeness (QED) is 0.746. The second kappa shape index (κ2) is 5.72. The molecule has 1 nitrogen and oxygen atoms in total. The molecule has 0 aliphatic carbocycles. The van der Waals surface area contributed by atoms with Crippen molar-refractivity contribution in [2.24, 2.45) is 0 Å². The highest BCUT2D eigenvalue weighted by Gasteiger charge is 2.30. The third-order valence-corrected chi connectivity index (χ3v) is 3.41. The third-order valence-electron chi connectivity index (χ3n) is 3.41. The minimum Gasteiger partial charge on any atom is -0.294 e. The van der Waals surface area contributed by atoms with Crippen molar-refractivity contribution < 1.29 is 18.0 Å². The van der Waals surface area contributed by atoms with E-state index in [4.69, 9.17) is 0 Å². The van der Waals surface area contributed by atoms with E-state index < -0.39 is 11.7 Å². The average Bonchev–Trinajstić information content (AvgIpc) is 2.38. The lowest BCUT2D eigenvalue weighted by molar-refractivity contribution is -0.137. The van der Waals surface area contributed by atoms with Gasteiger partial charge in [0.2, 0.25) is 0 Å². The zero-order valence-corrected chi connectivity index (χ0v) is 11.8. The van der Waals surface area contributed by atoms with Crippen LogP contribution in [0.5, 0.6) is 0 Å². The molecule has 2 rings (SSSR count). The van der Waals surface area contributed by atoms with Crippen LogP contribution in [0.3, 0.4) is 0 Å². The first-order valence-electron chi connectivity index (χ1n) is 6.54. The van der Waals surface area contributed by atoms with Crippen molar-refractivity contribution in [2.45, 2.75) is 26.4 Å². The molecule has 2 aromatic rings. The number of Topliss-reactive ketones (excluding diaryl/α,β-unsaturated/α-hetero) is 1. The van der Waals surface area contributed by atoms with Crippen LogP contribution in [0.1, 0.15) is 32.6 Å². The van der Waals surface area contributed by atoms with E-state index >= 15 is 0 Å². The summed E-state index contributed by atoms with van der Waals surface area (Å²) in [6.45, 7) is 3.71. The molecule has 21 heavy (non-hydrogen) atoms. The fourth-order valence-corrected chi connectivity index (χ4v) is 2.34. The average molecular weight is 292 g/mol. The van der Waals surface area contributed by atoms with Crippen LogP contribution in [0.4, 0.5) is 13.2 Å². The molecule has 0 atom stereocenters. The highest BCUT2D eigenvalue weighted by atomic mass is 19.4. The van der Waals surface area contributed by atoms with Crippen molar-refractivity contribution in [1.82, 2.24) is 0 Å². The molecule has 110 valence electrons. The van der Waals surface area contributed by atoms with Crippen molar-refractivity contribution >= 4 is 5.78 Å². The third kappa shape index (κ3) is 3.51. The number of carbonyl (C=O) groups is 1. The summed E-state index contributed by atoms with van der Waals surface area (Å²) in [6, 6.07) is 10.3. The van der Waals surface area contributed by atoms with Gasteiger partial charge in [0.05, 0.1) is 5.56 Å². The summed E-state index contributed by atoms with van der Waals surface area (Å²) in [5, 5.41) is 0. The van der Waals surface area contributed by atoms with Crippen LogP contribution in [0.2, 0.25) is 0 Å². The van der Waals surface area contributed by atoms with E-state index in [1.807, 2.05) is 32.0 Å². The summed E-state index contributed by atoms with van der Waals surface area (Å²) in [4.78, 5) is 12.3. The van der Waals surface area contributed by atoms with Gasteiger partial charge in [-0.1, -0.05) is 30.3 Å². The Balaban J connectivity index is 2.21. The summed E-state index contributed by atoms with van der Waals surface area (Å²) in [7, 11) is 0. The number of carbonyl (C=O) groups excluding carboxylic acids is 1. The first kappa shape index (κ1) is 15.3. The molecule has 0 heterocycles. The smallest absolute Gasteiger partial charge is 0.294 e. The normalized spacial score (nSPS) is 11.5. The van der Waals surface area contributed by atoms with Gasteiger partial charge in [0.1, 0.15) is 0 Å². The Morgan fingerprint density at radius 1 is 0.952 bits per heavy atom. The van der Waals surface area contributed by atoms with Crippen LogP contribution in [-0.2, 0) is 12.6 Å². The molecule has 0 fully saturated rings. The number of ketones is 1. The molecule has 0 unspecified atom stereocenters. The lowest BCUT2D eigenvalue weighted by Crippen LogP contribution is -2.09. The fourth-order valence-electron chi connectivity index (χ4n) is 2.34. The molecular weight excluding hydrogens is 277 g/mol. The molecule has 0 N–H and O–H groups in total. The number of alkyl halides is 3. The van der Waals surface area contributed by atoms with Gasteiger partial charge in [-0.05, 0) is 42.7 Å². The number of aryl methyl sites for hydroxylation is 2. The van der Waals surface area contributed by atoms with E-state index in [9.17, 15) is 18.0 Å². The molecule has 2 aromatic carbocycles. The first-order chi connectivity index (χ1) is 9.79. The van der Waals surface area contributed by atoms with Crippen LogP contribution in [0.15, 0.2) is 42.5 Å². The Morgan fingerprint density at radius 2 is 1.48 bits per heavy atom. The van der Waals surface area contributed by atoms with Gasteiger partial charge in [0, 0.05) is 12.0 Å². The van der Waals surface area contributed by atoms with Gasteiger partial charge in [0.15, 0.2) is 5.78 Å². The van der Waals surface area contributed by atoms with E-state index in [0.717, 1.165) is 23.3 Å². The molecular formula is C17H15F3O. The van der Waals surface area contributed by atoms with Gasteiger partial charge in [0.25, 0.3) is 0 Å². The van der Waals surface area contributed by atoms with Crippen molar-refractivity contribution in [1.29, 1.82) is 0 Å². The molecule has 0 aromatic heterocycles. The van der Waals surface area contributed by atoms with Crippen molar-refractivity contribution in [3.8, 4) is 0 Å². The molecule has 0 saturated heterocycles. The van der Waals surface area contributed by atoms with Crippen molar-refractivity contribution in [3.05, 3.63) is 70.3 Å². The minimum atomic E-state index is -4.35. The Morgan fingerprint density at radius 3 is 1.95 bits per heavy atom. The van der Waals surface area contributed by atoms with E-state index in [0.29, 0.717) is 11.1 Å². The highest BCUT2D eigenvalue weighted by Crippen LogP contribution is 2.29. The summed E-state index contributed by atoms with van der Waals surface area (Å²) < 4.78 is 37.5. The van der Waals surface area contributed by atoms with Gasteiger partial charge in [-0.15, -0.1) is 0 Å². The lowest BCUT2D eigenvalue weighted by Gasteiger charge is -2.10. The Bertz CT molecular complexity index is 634. The second-order valence-corrected chi connectivity index (χ2v) is 5.06. The number of hydrogen-bond acceptors (Lipinski definition) is 1. The maximum atomic E-state index is 12.5. The van der Waals surface area contributed by atoms with Gasteiger partial charge >= 0.3 is 6.18 Å². The minimum absolute atomic E-state index is 0.0784. The Hall–Kier alpha value is -2.10. The van der Waals surface area contributed by atoms with E-state index in [1.165, 1.54) is 12.1 Å². The number of benzene rings is 2. The molecule has 0 bridgehead atoms. The maximum absolute atomic E-state index is 12.5. The number of halogens is 3. The number of hydrogen-bond donors (Lipinski definition) is 0. The van der Waals surface area contributed by atoms with Gasteiger partial charge in [-0.3, -0.25) is 4.79 Å². The fraction of sp³-hybridized carbons (Fsp3) is 0.235. The lowest BCUT2D eigenvalue weighted by atomic mass is 9.95. The highest BCUT2D eigenvalue weighted by molar-refractivity contribution is 6.00. The molecule has 0 aliphatic heterocycles.